The van der Waals surface area contributed by atoms with Crippen molar-refractivity contribution in [2.75, 3.05) is 7.05 Å². The van der Waals surface area contributed by atoms with Crippen molar-refractivity contribution in [3.05, 3.63) is 69.6 Å². The van der Waals surface area contributed by atoms with Gasteiger partial charge >= 0.3 is 0 Å². The number of aryl methyl sites for hydroxylation is 1. The van der Waals surface area contributed by atoms with E-state index in [0.717, 1.165) is 5.56 Å². The molecule has 0 aliphatic rings. The molecule has 2 amide bonds. The summed E-state index contributed by atoms with van der Waals surface area (Å²) < 4.78 is 0. The van der Waals surface area contributed by atoms with Gasteiger partial charge in [0.05, 0.1) is 6.04 Å². The fraction of sp³-hybridized carbons (Fsp3) is 0.278. The molecule has 1 aromatic carbocycles. The van der Waals surface area contributed by atoms with Crippen LogP contribution in [0, 0.1) is 6.92 Å². The number of carbonyl (C=O) groups is 2. The summed E-state index contributed by atoms with van der Waals surface area (Å²) in [6.07, 6.45) is -1.16. The molecule has 0 fully saturated rings. The van der Waals surface area contributed by atoms with Crippen LogP contribution in [0.3, 0.4) is 0 Å². The molecule has 132 valence electrons. The fourth-order valence-electron chi connectivity index (χ4n) is 2.46. The Morgan fingerprint density at radius 2 is 1.84 bits per heavy atom. The summed E-state index contributed by atoms with van der Waals surface area (Å²) in [6, 6.07) is 11.2. The minimum atomic E-state index is -1.43. The first-order chi connectivity index (χ1) is 11.9. The highest BCUT2D eigenvalue weighted by atomic mass is 16.3. The number of nitrogens with one attached hydrogen (secondary N) is 3. The number of amides is 2. The number of aromatic amines is 1. The summed E-state index contributed by atoms with van der Waals surface area (Å²) in [6.45, 7) is 1.69. The average molecular weight is 343 g/mol. The molecule has 0 radical (unpaired) electrons. The number of hydrogen-bond donors (Lipinski definition) is 4. The number of pyridine rings is 1. The number of aromatic nitrogens is 1. The van der Waals surface area contributed by atoms with Crippen LogP contribution in [0.25, 0.3) is 0 Å². The molecule has 1 aromatic heterocycles. The van der Waals surface area contributed by atoms with E-state index >= 15 is 0 Å². The minimum Gasteiger partial charge on any atom is -0.381 e. The second-order valence-corrected chi connectivity index (χ2v) is 5.71. The Morgan fingerprint density at radius 1 is 1.16 bits per heavy atom. The number of H-pyrrole nitrogens is 1. The summed E-state index contributed by atoms with van der Waals surface area (Å²) in [4.78, 5) is 38.3. The number of likely N-dealkylation sites (N-methyl/N-ethyl adjacent to an activating group) is 1. The van der Waals surface area contributed by atoms with Crippen molar-refractivity contribution in [3.8, 4) is 0 Å². The highest BCUT2D eigenvalue weighted by Crippen LogP contribution is 2.09. The first kappa shape index (κ1) is 18.4. The predicted octanol–water partition coefficient (Wildman–Crippen LogP) is 0.131. The van der Waals surface area contributed by atoms with Crippen molar-refractivity contribution in [2.24, 2.45) is 0 Å². The van der Waals surface area contributed by atoms with Gasteiger partial charge in [-0.05, 0) is 24.5 Å². The number of aliphatic hydroxyl groups is 1. The van der Waals surface area contributed by atoms with Crippen molar-refractivity contribution < 1.29 is 14.7 Å². The van der Waals surface area contributed by atoms with Crippen molar-refractivity contribution in [2.45, 2.75) is 25.5 Å². The molecule has 1 heterocycles. The lowest BCUT2D eigenvalue weighted by molar-refractivity contribution is -0.130. The number of aliphatic hydroxyl groups excluding tert-OH is 1. The van der Waals surface area contributed by atoms with Crippen molar-refractivity contribution in [3.63, 3.8) is 0 Å². The standard InChI is InChI=1S/C18H21N3O4/c1-11-8-9-14(22)21-15(11)17(24)20-13(16(23)18(25)19-2)10-12-6-4-3-5-7-12/h3-9,13,16,23H,10H2,1-2H3,(H,19,25)(H,20,24)(H,21,22)/t13-,16?/m0/s1. The van der Waals surface area contributed by atoms with E-state index in [2.05, 4.69) is 15.6 Å². The second-order valence-electron chi connectivity index (χ2n) is 5.71. The number of carbonyl (C=O) groups excluding carboxylic acids is 2. The van der Waals surface area contributed by atoms with Crippen LogP contribution in [0.2, 0.25) is 0 Å². The molecule has 7 nitrogen and oxygen atoms in total. The van der Waals surface area contributed by atoms with Gasteiger partial charge in [0.2, 0.25) is 5.56 Å². The zero-order chi connectivity index (χ0) is 18.4. The van der Waals surface area contributed by atoms with E-state index in [1.165, 1.54) is 19.2 Å². The van der Waals surface area contributed by atoms with Gasteiger partial charge in [0.1, 0.15) is 5.69 Å². The third-order valence-electron chi connectivity index (χ3n) is 3.87. The molecule has 0 aliphatic heterocycles. The molecule has 2 atom stereocenters. The maximum absolute atomic E-state index is 12.5. The molecule has 0 saturated heterocycles. The van der Waals surface area contributed by atoms with Gasteiger partial charge in [0.15, 0.2) is 6.10 Å². The van der Waals surface area contributed by atoms with Crippen molar-refractivity contribution >= 4 is 11.8 Å². The van der Waals surface area contributed by atoms with Crippen molar-refractivity contribution in [1.82, 2.24) is 15.6 Å². The molecule has 2 aromatic rings. The monoisotopic (exact) mass is 343 g/mol. The molecule has 0 aliphatic carbocycles. The molecule has 25 heavy (non-hydrogen) atoms. The zero-order valence-corrected chi connectivity index (χ0v) is 14.1. The van der Waals surface area contributed by atoms with Crippen LogP contribution in [0.1, 0.15) is 21.6 Å². The quantitative estimate of drug-likeness (QED) is 0.597. The Morgan fingerprint density at radius 3 is 2.48 bits per heavy atom. The van der Waals surface area contributed by atoms with Gasteiger partial charge in [-0.3, -0.25) is 14.4 Å². The topological polar surface area (TPSA) is 111 Å². The lowest BCUT2D eigenvalue weighted by Crippen LogP contribution is -2.51. The van der Waals surface area contributed by atoms with Crippen LogP contribution in [-0.2, 0) is 11.2 Å². The third kappa shape index (κ3) is 4.77. The maximum Gasteiger partial charge on any atom is 0.268 e. The third-order valence-corrected chi connectivity index (χ3v) is 3.87. The predicted molar refractivity (Wildman–Crippen MR) is 93.3 cm³/mol. The van der Waals surface area contributed by atoms with E-state index in [4.69, 9.17) is 0 Å². The van der Waals surface area contributed by atoms with E-state index in [0.29, 0.717) is 5.56 Å². The van der Waals surface area contributed by atoms with E-state index in [-0.39, 0.29) is 12.1 Å². The Kier molecular flexibility index (Phi) is 6.08. The summed E-state index contributed by atoms with van der Waals surface area (Å²) in [7, 11) is 1.41. The molecule has 0 bridgehead atoms. The minimum absolute atomic E-state index is 0.106. The first-order valence-electron chi connectivity index (χ1n) is 7.86. The normalized spacial score (nSPS) is 12.9. The molecule has 2 rings (SSSR count). The number of benzene rings is 1. The summed E-state index contributed by atoms with van der Waals surface area (Å²) in [5.41, 5.74) is 1.15. The van der Waals surface area contributed by atoms with Gasteiger partial charge in [-0.2, -0.15) is 0 Å². The number of hydrogen-bond acceptors (Lipinski definition) is 4. The van der Waals surface area contributed by atoms with Gasteiger partial charge in [0, 0.05) is 13.1 Å². The van der Waals surface area contributed by atoms with Crippen LogP contribution in [-0.4, -0.2) is 41.1 Å². The molecule has 0 saturated carbocycles. The summed E-state index contributed by atoms with van der Waals surface area (Å²) >= 11 is 0. The second kappa shape index (κ2) is 8.25. The van der Waals surface area contributed by atoms with E-state index in [1.807, 2.05) is 30.3 Å². The van der Waals surface area contributed by atoms with Crippen LogP contribution < -0.4 is 16.2 Å². The Hall–Kier alpha value is -2.93. The average Bonchev–Trinajstić information content (AvgIpc) is 2.62. The lowest BCUT2D eigenvalue weighted by Gasteiger charge is -2.23. The Bertz CT molecular complexity index is 801. The summed E-state index contributed by atoms with van der Waals surface area (Å²) in [5, 5.41) is 15.3. The van der Waals surface area contributed by atoms with Gasteiger partial charge in [-0.1, -0.05) is 36.4 Å². The SMILES string of the molecule is CNC(=O)C(O)[C@H](Cc1ccccc1)NC(=O)c1[nH]c(=O)ccc1C. The highest BCUT2D eigenvalue weighted by Gasteiger charge is 2.28. The van der Waals surface area contributed by atoms with Gasteiger partial charge < -0.3 is 20.7 Å². The van der Waals surface area contributed by atoms with Gasteiger partial charge in [-0.15, -0.1) is 0 Å². The molecular formula is C18H21N3O4. The Balaban J connectivity index is 2.25. The number of rotatable bonds is 6. The van der Waals surface area contributed by atoms with Gasteiger partial charge in [-0.25, -0.2) is 0 Å². The first-order valence-corrected chi connectivity index (χ1v) is 7.86. The summed E-state index contributed by atoms with van der Waals surface area (Å²) in [5.74, 6) is -1.15. The molecule has 4 N–H and O–H groups in total. The fourth-order valence-corrected chi connectivity index (χ4v) is 2.46. The maximum atomic E-state index is 12.5. The molecule has 1 unspecified atom stereocenters. The molecule has 0 spiro atoms. The largest absolute Gasteiger partial charge is 0.381 e. The smallest absolute Gasteiger partial charge is 0.268 e. The van der Waals surface area contributed by atoms with E-state index < -0.39 is 29.5 Å². The van der Waals surface area contributed by atoms with Crippen LogP contribution in [0.4, 0.5) is 0 Å². The molecule has 7 heteroatoms. The van der Waals surface area contributed by atoms with Crippen LogP contribution >= 0.6 is 0 Å². The Labute approximate surface area is 145 Å². The highest BCUT2D eigenvalue weighted by molar-refractivity contribution is 5.94. The van der Waals surface area contributed by atoms with Crippen LogP contribution in [0.15, 0.2) is 47.3 Å². The zero-order valence-electron chi connectivity index (χ0n) is 14.1. The van der Waals surface area contributed by atoms with Crippen molar-refractivity contribution in [1.29, 1.82) is 0 Å². The van der Waals surface area contributed by atoms with Gasteiger partial charge in [0.25, 0.3) is 11.8 Å². The van der Waals surface area contributed by atoms with Crippen LogP contribution in [0.5, 0.6) is 0 Å². The van der Waals surface area contributed by atoms with E-state index in [9.17, 15) is 19.5 Å². The lowest BCUT2D eigenvalue weighted by atomic mass is 10.00. The molecular weight excluding hydrogens is 322 g/mol. The van der Waals surface area contributed by atoms with E-state index in [1.54, 1.807) is 6.92 Å².